The van der Waals surface area contributed by atoms with Gasteiger partial charge in [0.2, 0.25) is 0 Å². The fourth-order valence-corrected chi connectivity index (χ4v) is 3.37. The molecule has 1 fully saturated rings. The van der Waals surface area contributed by atoms with Crippen LogP contribution in [-0.4, -0.2) is 28.0 Å². The predicted octanol–water partition coefficient (Wildman–Crippen LogP) is 4.27. The average molecular weight is 313 g/mol. The molecule has 1 saturated heterocycles. The molecular weight excluding hydrogens is 296 g/mol. The number of nitrogens with zero attached hydrogens (tertiary/aromatic N) is 3. The van der Waals surface area contributed by atoms with E-state index in [1.54, 1.807) is 6.33 Å². The minimum absolute atomic E-state index is 0.739. The Morgan fingerprint density at radius 2 is 1.95 bits per heavy atom. The number of aromatic amines is 1. The number of nitrogens with one attached hydrogen (secondary N) is 1. The molecule has 5 heteroatoms. The zero-order chi connectivity index (χ0) is 14.9. The molecule has 1 aromatic carbocycles. The van der Waals surface area contributed by atoms with Crippen molar-refractivity contribution in [3.8, 4) is 11.1 Å². The number of hydrogen-bond donors (Lipinski definition) is 1. The van der Waals surface area contributed by atoms with Crippen LogP contribution in [0.3, 0.4) is 0 Å². The number of benzene rings is 1. The first kappa shape index (κ1) is 13.6. The van der Waals surface area contributed by atoms with Crippen molar-refractivity contribution in [2.75, 3.05) is 18.0 Å². The fourth-order valence-electron chi connectivity index (χ4n) is 3.18. The molecule has 2 aromatic heterocycles. The Morgan fingerprint density at radius 3 is 2.77 bits per heavy atom. The number of fused-ring (bicyclic) bond motifs is 1. The lowest BCUT2D eigenvalue weighted by Crippen LogP contribution is -2.30. The van der Waals surface area contributed by atoms with Crippen LogP contribution in [0.1, 0.15) is 19.3 Å². The van der Waals surface area contributed by atoms with Crippen LogP contribution in [0.25, 0.3) is 22.2 Å². The summed E-state index contributed by atoms with van der Waals surface area (Å²) in [5.74, 6) is 1.03. The molecule has 0 bridgehead atoms. The second kappa shape index (κ2) is 5.61. The first-order valence-electron chi connectivity index (χ1n) is 7.66. The zero-order valence-corrected chi connectivity index (χ0v) is 13.0. The van der Waals surface area contributed by atoms with Crippen molar-refractivity contribution in [2.45, 2.75) is 19.3 Å². The van der Waals surface area contributed by atoms with Crippen LogP contribution in [0.2, 0.25) is 5.02 Å². The number of anilines is 1. The summed E-state index contributed by atoms with van der Waals surface area (Å²) in [4.78, 5) is 14.6. The van der Waals surface area contributed by atoms with Crippen LogP contribution >= 0.6 is 11.6 Å². The topological polar surface area (TPSA) is 44.8 Å². The first-order valence-corrected chi connectivity index (χ1v) is 8.04. The maximum Gasteiger partial charge on any atom is 0.143 e. The molecule has 0 unspecified atom stereocenters. The van der Waals surface area contributed by atoms with Gasteiger partial charge in [0.05, 0.1) is 5.39 Å². The number of halogens is 1. The van der Waals surface area contributed by atoms with Crippen LogP contribution in [-0.2, 0) is 0 Å². The minimum Gasteiger partial charge on any atom is -0.356 e. The highest BCUT2D eigenvalue weighted by Crippen LogP contribution is 2.35. The average Bonchev–Trinajstić information content (AvgIpc) is 3.00. The molecule has 112 valence electrons. The van der Waals surface area contributed by atoms with Crippen molar-refractivity contribution in [1.29, 1.82) is 0 Å². The normalized spacial score (nSPS) is 15.4. The van der Waals surface area contributed by atoms with Gasteiger partial charge < -0.3 is 9.88 Å². The summed E-state index contributed by atoms with van der Waals surface area (Å²) in [6.07, 6.45) is 7.40. The van der Waals surface area contributed by atoms with Crippen molar-refractivity contribution < 1.29 is 0 Å². The quantitative estimate of drug-likeness (QED) is 0.768. The molecule has 1 aliphatic heterocycles. The molecule has 4 rings (SSSR count). The van der Waals surface area contributed by atoms with E-state index in [-0.39, 0.29) is 0 Å². The van der Waals surface area contributed by atoms with Gasteiger partial charge in [0, 0.05) is 29.9 Å². The summed E-state index contributed by atoms with van der Waals surface area (Å²) in [6, 6.07) is 7.92. The van der Waals surface area contributed by atoms with E-state index in [1.165, 1.54) is 19.3 Å². The van der Waals surface area contributed by atoms with Crippen molar-refractivity contribution in [2.24, 2.45) is 0 Å². The van der Waals surface area contributed by atoms with E-state index in [9.17, 15) is 0 Å². The summed E-state index contributed by atoms with van der Waals surface area (Å²) < 4.78 is 0. The van der Waals surface area contributed by atoms with Crippen molar-refractivity contribution in [1.82, 2.24) is 15.0 Å². The highest BCUT2D eigenvalue weighted by atomic mass is 35.5. The molecule has 4 nitrogen and oxygen atoms in total. The Balaban J connectivity index is 1.89. The van der Waals surface area contributed by atoms with E-state index in [1.807, 2.05) is 24.4 Å². The van der Waals surface area contributed by atoms with Gasteiger partial charge in [-0.05, 0) is 37.0 Å². The van der Waals surface area contributed by atoms with E-state index in [0.29, 0.717) is 0 Å². The number of H-pyrrole nitrogens is 1. The summed E-state index contributed by atoms with van der Waals surface area (Å²) in [7, 11) is 0. The van der Waals surface area contributed by atoms with Crippen LogP contribution in [0.5, 0.6) is 0 Å². The van der Waals surface area contributed by atoms with Gasteiger partial charge in [-0.15, -0.1) is 0 Å². The SMILES string of the molecule is Clc1cccc(-c2c[nH]c3ncnc(N4CCCCC4)c23)c1. The highest BCUT2D eigenvalue weighted by Gasteiger charge is 2.19. The highest BCUT2D eigenvalue weighted by molar-refractivity contribution is 6.31. The monoisotopic (exact) mass is 312 g/mol. The molecule has 0 saturated carbocycles. The smallest absolute Gasteiger partial charge is 0.143 e. The molecule has 3 aromatic rings. The minimum atomic E-state index is 0.739. The van der Waals surface area contributed by atoms with Gasteiger partial charge in [-0.3, -0.25) is 0 Å². The molecule has 3 heterocycles. The number of aromatic nitrogens is 3. The summed E-state index contributed by atoms with van der Waals surface area (Å²) in [5, 5.41) is 1.83. The number of rotatable bonds is 2. The summed E-state index contributed by atoms with van der Waals surface area (Å²) >= 11 is 6.15. The molecule has 0 spiro atoms. The van der Waals surface area contributed by atoms with Gasteiger partial charge >= 0.3 is 0 Å². The Kier molecular flexibility index (Phi) is 3.47. The maximum absolute atomic E-state index is 6.15. The zero-order valence-electron chi connectivity index (χ0n) is 12.2. The van der Waals surface area contributed by atoms with Gasteiger partial charge in [-0.25, -0.2) is 9.97 Å². The standard InChI is InChI=1S/C17H17ClN4/c18-13-6-4-5-12(9-13)14-10-19-16-15(14)17(21-11-20-16)22-7-2-1-3-8-22/h4-6,9-11H,1-3,7-8H2,(H,19,20,21). The van der Waals surface area contributed by atoms with Crippen molar-refractivity contribution in [3.05, 3.63) is 41.8 Å². The molecule has 1 N–H and O–H groups in total. The van der Waals surface area contributed by atoms with Crippen LogP contribution < -0.4 is 4.90 Å². The van der Waals surface area contributed by atoms with Crippen LogP contribution in [0, 0.1) is 0 Å². The van der Waals surface area contributed by atoms with E-state index >= 15 is 0 Å². The maximum atomic E-state index is 6.15. The molecule has 0 atom stereocenters. The molecule has 1 aliphatic rings. The Labute approximate surface area is 134 Å². The van der Waals surface area contributed by atoms with Crippen molar-refractivity contribution in [3.63, 3.8) is 0 Å². The number of piperidine rings is 1. The van der Waals surface area contributed by atoms with Crippen LogP contribution in [0.15, 0.2) is 36.8 Å². The van der Waals surface area contributed by atoms with Gasteiger partial charge in [-0.2, -0.15) is 0 Å². The number of hydrogen-bond acceptors (Lipinski definition) is 3. The largest absolute Gasteiger partial charge is 0.356 e. The van der Waals surface area contributed by atoms with E-state index in [0.717, 1.165) is 46.1 Å². The molecular formula is C17H17ClN4. The Bertz CT molecular complexity index is 805. The third-order valence-electron chi connectivity index (χ3n) is 4.24. The van der Waals surface area contributed by atoms with Crippen LogP contribution in [0.4, 0.5) is 5.82 Å². The lowest BCUT2D eigenvalue weighted by molar-refractivity contribution is 0.574. The lowest BCUT2D eigenvalue weighted by Gasteiger charge is -2.28. The summed E-state index contributed by atoms with van der Waals surface area (Å²) in [5.41, 5.74) is 3.08. The predicted molar refractivity (Wildman–Crippen MR) is 90.4 cm³/mol. The lowest BCUT2D eigenvalue weighted by atomic mass is 10.1. The molecule has 0 radical (unpaired) electrons. The third kappa shape index (κ3) is 2.33. The van der Waals surface area contributed by atoms with E-state index in [2.05, 4.69) is 25.9 Å². The van der Waals surface area contributed by atoms with E-state index < -0.39 is 0 Å². The first-order chi connectivity index (χ1) is 10.8. The Morgan fingerprint density at radius 1 is 1.09 bits per heavy atom. The third-order valence-corrected chi connectivity index (χ3v) is 4.48. The second-order valence-corrected chi connectivity index (χ2v) is 6.12. The van der Waals surface area contributed by atoms with Gasteiger partial charge in [0.15, 0.2) is 0 Å². The molecule has 0 aliphatic carbocycles. The van der Waals surface area contributed by atoms with Gasteiger partial charge in [0.25, 0.3) is 0 Å². The van der Waals surface area contributed by atoms with E-state index in [4.69, 9.17) is 11.6 Å². The summed E-state index contributed by atoms with van der Waals surface area (Å²) in [6.45, 7) is 2.12. The van der Waals surface area contributed by atoms with Gasteiger partial charge in [0.1, 0.15) is 17.8 Å². The fraction of sp³-hybridized carbons (Fsp3) is 0.294. The molecule has 0 amide bonds. The molecule has 22 heavy (non-hydrogen) atoms. The van der Waals surface area contributed by atoms with Gasteiger partial charge in [-0.1, -0.05) is 23.7 Å². The Hall–Kier alpha value is -2.07. The second-order valence-electron chi connectivity index (χ2n) is 5.68. The van der Waals surface area contributed by atoms with Crippen molar-refractivity contribution >= 4 is 28.5 Å².